The first-order chi connectivity index (χ1) is 17.3. The summed E-state index contributed by atoms with van der Waals surface area (Å²) in [6, 6.07) is 0. The van der Waals surface area contributed by atoms with Gasteiger partial charge in [0.05, 0.1) is 11.7 Å². The van der Waals surface area contributed by atoms with Crippen molar-refractivity contribution >= 4 is 5.97 Å². The third-order valence-electron chi connectivity index (χ3n) is 14.2. The van der Waals surface area contributed by atoms with E-state index in [1.807, 2.05) is 0 Å². The van der Waals surface area contributed by atoms with Crippen molar-refractivity contribution in [3.63, 3.8) is 0 Å². The second-order valence-corrected chi connectivity index (χ2v) is 16.4. The molecule has 2 bridgehead atoms. The van der Waals surface area contributed by atoms with Crippen molar-refractivity contribution in [3.8, 4) is 0 Å². The second-order valence-electron chi connectivity index (χ2n) is 16.4. The van der Waals surface area contributed by atoms with Crippen LogP contribution in [0.15, 0.2) is 0 Å². The van der Waals surface area contributed by atoms with E-state index in [1.165, 1.54) is 6.92 Å². The van der Waals surface area contributed by atoms with Gasteiger partial charge >= 0.3 is 5.97 Å². The van der Waals surface area contributed by atoms with Crippen LogP contribution in [0.1, 0.15) is 120 Å². The van der Waals surface area contributed by atoms with Crippen LogP contribution in [0, 0.1) is 39.4 Å². The fraction of sp³-hybridized carbons (Fsp3) is 0.969. The maximum absolute atomic E-state index is 12.7. The van der Waals surface area contributed by atoms with Gasteiger partial charge in [0.2, 0.25) is 0 Å². The smallest absolute Gasteiger partial charge is 0.302 e. The molecule has 4 aliphatic carbocycles. The molecule has 0 radical (unpaired) electrons. The minimum atomic E-state index is -1.13. The topological polar surface area (TPSA) is 85.2 Å². The molecule has 2 unspecified atom stereocenters. The molecule has 0 aromatic rings. The van der Waals surface area contributed by atoms with Gasteiger partial charge in [0.1, 0.15) is 17.3 Å². The van der Waals surface area contributed by atoms with E-state index in [4.69, 9.17) is 14.2 Å². The number of hydrogen-bond donors (Lipinski definition) is 2. The summed E-state index contributed by atoms with van der Waals surface area (Å²) in [4.78, 5) is 12.7. The molecule has 216 valence electrons. The summed E-state index contributed by atoms with van der Waals surface area (Å²) < 4.78 is 20.2. The Morgan fingerprint density at radius 2 is 1.55 bits per heavy atom. The first-order valence-electron chi connectivity index (χ1n) is 15.3. The normalized spacial score (nSPS) is 56.9. The minimum Gasteiger partial charge on any atom is -0.462 e. The van der Waals surface area contributed by atoms with E-state index in [0.29, 0.717) is 18.3 Å². The van der Waals surface area contributed by atoms with Gasteiger partial charge in [-0.2, -0.15) is 0 Å². The van der Waals surface area contributed by atoms with Gasteiger partial charge in [-0.05, 0) is 106 Å². The number of hydrogen-bond acceptors (Lipinski definition) is 6. The first kappa shape index (κ1) is 27.5. The lowest BCUT2D eigenvalue weighted by Crippen LogP contribution is -2.70. The average molecular weight is 533 g/mol. The number of ether oxygens (including phenoxy) is 3. The van der Waals surface area contributed by atoms with Crippen LogP contribution in [0.2, 0.25) is 0 Å². The number of esters is 1. The highest BCUT2D eigenvalue weighted by Crippen LogP contribution is 2.79. The van der Waals surface area contributed by atoms with E-state index >= 15 is 0 Å². The van der Waals surface area contributed by atoms with Crippen molar-refractivity contribution in [2.45, 2.75) is 155 Å². The molecule has 11 atom stereocenters. The molecule has 1 spiro atoms. The maximum atomic E-state index is 12.7. The van der Waals surface area contributed by atoms with Crippen LogP contribution in [-0.2, 0) is 19.0 Å². The first-order valence-corrected chi connectivity index (χ1v) is 15.3. The predicted octanol–water partition coefficient (Wildman–Crippen LogP) is 5.76. The quantitative estimate of drug-likeness (QED) is 0.440. The zero-order valence-electron chi connectivity index (χ0n) is 25.3. The summed E-state index contributed by atoms with van der Waals surface area (Å²) in [5.41, 5.74) is -2.39. The number of fused-ring (bicyclic) bond motifs is 9. The molecule has 6 aliphatic rings. The lowest BCUT2D eigenvalue weighted by atomic mass is 9.35. The fourth-order valence-corrected chi connectivity index (χ4v) is 12.0. The van der Waals surface area contributed by atoms with Gasteiger partial charge in [0.15, 0.2) is 5.79 Å². The molecule has 0 amide bonds. The number of aliphatic hydroxyl groups excluding tert-OH is 1. The van der Waals surface area contributed by atoms with Gasteiger partial charge in [-0.3, -0.25) is 4.79 Å². The van der Waals surface area contributed by atoms with Crippen LogP contribution in [-0.4, -0.2) is 51.0 Å². The van der Waals surface area contributed by atoms with Crippen LogP contribution < -0.4 is 0 Å². The van der Waals surface area contributed by atoms with Crippen molar-refractivity contribution in [1.82, 2.24) is 0 Å². The Kier molecular flexibility index (Phi) is 5.48. The maximum Gasteiger partial charge on any atom is 0.302 e. The number of carbonyl (C=O) groups is 1. The van der Waals surface area contributed by atoms with Crippen LogP contribution in [0.25, 0.3) is 0 Å². The SMILES string of the molecule is CC(=O)O[C@@H]1C[C@@H]2[C@@]3(C)CC[C@@H](O)C(C)(C)C3CC[C@@]2(C)[C@]2(C)CC[C@@]3(O[C@@]4(C(C)(C)O)CC[C@]3(C)O4)C12. The summed E-state index contributed by atoms with van der Waals surface area (Å²) >= 11 is 0. The molecule has 6 fully saturated rings. The molecular formula is C32H52O6. The van der Waals surface area contributed by atoms with E-state index < -0.39 is 22.6 Å². The lowest BCUT2D eigenvalue weighted by Gasteiger charge is -2.71. The molecule has 6 heteroatoms. The molecule has 2 N–H and O–H groups in total. The van der Waals surface area contributed by atoms with Crippen molar-refractivity contribution in [2.75, 3.05) is 0 Å². The van der Waals surface area contributed by atoms with Gasteiger partial charge in [-0.1, -0.05) is 34.6 Å². The summed E-state index contributed by atoms with van der Waals surface area (Å²) in [5.74, 6) is -0.442. The van der Waals surface area contributed by atoms with Gasteiger partial charge in [-0.15, -0.1) is 0 Å². The largest absolute Gasteiger partial charge is 0.462 e. The third-order valence-corrected chi connectivity index (χ3v) is 14.2. The zero-order chi connectivity index (χ0) is 27.9. The van der Waals surface area contributed by atoms with E-state index in [1.54, 1.807) is 13.8 Å². The number of carbonyl (C=O) groups excluding carboxylic acids is 1. The van der Waals surface area contributed by atoms with Gasteiger partial charge in [-0.25, -0.2) is 0 Å². The highest BCUT2D eigenvalue weighted by molar-refractivity contribution is 5.66. The molecule has 2 aliphatic heterocycles. The summed E-state index contributed by atoms with van der Waals surface area (Å²) in [5, 5.41) is 22.3. The number of rotatable bonds is 2. The Morgan fingerprint density at radius 1 is 0.868 bits per heavy atom. The Balaban J connectivity index is 1.48. The van der Waals surface area contributed by atoms with Crippen molar-refractivity contribution in [3.05, 3.63) is 0 Å². The van der Waals surface area contributed by atoms with Crippen LogP contribution in [0.3, 0.4) is 0 Å². The Labute approximate surface area is 229 Å². The molecule has 38 heavy (non-hydrogen) atoms. The predicted molar refractivity (Wildman–Crippen MR) is 144 cm³/mol. The van der Waals surface area contributed by atoms with Crippen LogP contribution in [0.4, 0.5) is 0 Å². The van der Waals surface area contributed by atoms with E-state index in [9.17, 15) is 15.0 Å². The second kappa shape index (κ2) is 7.57. The fourth-order valence-electron chi connectivity index (χ4n) is 12.0. The van der Waals surface area contributed by atoms with E-state index in [2.05, 4.69) is 41.5 Å². The highest BCUT2D eigenvalue weighted by Gasteiger charge is 2.82. The molecule has 4 saturated carbocycles. The molecule has 6 nitrogen and oxygen atoms in total. The molecular weight excluding hydrogens is 480 g/mol. The Morgan fingerprint density at radius 3 is 2.16 bits per heavy atom. The van der Waals surface area contributed by atoms with Gasteiger partial charge < -0.3 is 24.4 Å². The third kappa shape index (κ3) is 2.97. The Hall–Kier alpha value is -0.690. The standard InChI is InChI=1S/C32H52O6/c1-19(33)36-20-18-22-27(6)12-11-23(34)25(2,3)21(27)10-13-28(22,7)29(8)14-16-31(24(20)29)30(9)15-17-32(37-30,38-31)26(4,5)35/h20-24,34-35H,10-18H2,1-9H3/t20-,21?,22-,23-,24?,27+,28-,29-,30+,31-,32-/m1/s1. The summed E-state index contributed by atoms with van der Waals surface area (Å²) in [6.45, 7) is 19.3. The van der Waals surface area contributed by atoms with Crippen molar-refractivity contribution in [1.29, 1.82) is 0 Å². The van der Waals surface area contributed by atoms with Crippen molar-refractivity contribution in [2.24, 2.45) is 39.4 Å². The minimum absolute atomic E-state index is 0.00276. The average Bonchev–Trinajstić information content (AvgIpc) is 3.39. The van der Waals surface area contributed by atoms with Crippen LogP contribution >= 0.6 is 0 Å². The van der Waals surface area contributed by atoms with E-state index in [-0.39, 0.29) is 45.8 Å². The highest BCUT2D eigenvalue weighted by atomic mass is 16.8. The summed E-state index contributed by atoms with van der Waals surface area (Å²) in [7, 11) is 0. The molecule has 2 heterocycles. The molecule has 0 aromatic heterocycles. The Bertz CT molecular complexity index is 1030. The summed E-state index contributed by atoms with van der Waals surface area (Å²) in [6.07, 6.45) is 7.72. The lowest BCUT2D eigenvalue weighted by molar-refractivity contribution is -0.296. The van der Waals surface area contributed by atoms with Crippen LogP contribution in [0.5, 0.6) is 0 Å². The molecule has 0 aromatic carbocycles. The van der Waals surface area contributed by atoms with Gasteiger partial charge in [0.25, 0.3) is 0 Å². The van der Waals surface area contributed by atoms with Gasteiger partial charge in [0, 0.05) is 19.3 Å². The monoisotopic (exact) mass is 532 g/mol. The zero-order valence-corrected chi connectivity index (χ0v) is 25.3. The molecule has 2 saturated heterocycles. The van der Waals surface area contributed by atoms with E-state index in [0.717, 1.165) is 51.4 Å². The molecule has 6 rings (SSSR count). The van der Waals surface area contributed by atoms with Crippen molar-refractivity contribution < 1.29 is 29.2 Å². The number of aliphatic hydroxyl groups is 2.